The molecule has 4 atom stereocenters. The van der Waals surface area contributed by atoms with Gasteiger partial charge in [0.15, 0.2) is 12.4 Å². The van der Waals surface area contributed by atoms with Crippen molar-refractivity contribution >= 4 is 5.82 Å². The Morgan fingerprint density at radius 2 is 2.40 bits per heavy atom. The molecular weight excluding hydrogens is 269 g/mol. The van der Waals surface area contributed by atoms with E-state index < -0.39 is 36.4 Å². The summed E-state index contributed by atoms with van der Waals surface area (Å²) in [5.41, 5.74) is 3.04. The lowest BCUT2D eigenvalue weighted by Gasteiger charge is -2.28. The minimum Gasteiger partial charge on any atom is -0.393 e. The monoisotopic (exact) mass is 285 g/mol. The summed E-state index contributed by atoms with van der Waals surface area (Å²) in [5.74, 6) is -0.000262. The van der Waals surface area contributed by atoms with Gasteiger partial charge in [0, 0.05) is 6.20 Å². The fourth-order valence-corrected chi connectivity index (χ4v) is 2.26. The Labute approximate surface area is 114 Å². The zero-order chi connectivity index (χ0) is 14.9. The summed E-state index contributed by atoms with van der Waals surface area (Å²) in [7, 11) is 0. The number of hydrogen-bond acceptors (Lipinski definition) is 6. The highest BCUT2D eigenvalue weighted by atomic mass is 19.1. The fraction of sp³-hybridized carbons (Fsp3) is 0.500. The molecule has 0 aliphatic carbocycles. The summed E-state index contributed by atoms with van der Waals surface area (Å²) in [4.78, 5) is 15.2. The van der Waals surface area contributed by atoms with E-state index in [1.165, 1.54) is 18.3 Å². The van der Waals surface area contributed by atoms with Gasteiger partial charge in [-0.25, -0.2) is 9.18 Å². The molecule has 1 unspecified atom stereocenters. The third-order valence-electron chi connectivity index (χ3n) is 3.35. The Hall–Kier alpha value is -1.77. The van der Waals surface area contributed by atoms with Gasteiger partial charge >= 0.3 is 5.69 Å². The van der Waals surface area contributed by atoms with Crippen molar-refractivity contribution in [1.82, 2.24) is 9.55 Å². The Morgan fingerprint density at radius 1 is 1.70 bits per heavy atom. The molecule has 1 aliphatic heterocycles. The smallest absolute Gasteiger partial charge is 0.351 e. The molecule has 1 saturated heterocycles. The van der Waals surface area contributed by atoms with E-state index in [-0.39, 0.29) is 12.2 Å². The first kappa shape index (κ1) is 14.6. The van der Waals surface area contributed by atoms with E-state index >= 15 is 0 Å². The average Bonchev–Trinajstić information content (AvgIpc) is 2.65. The van der Waals surface area contributed by atoms with Crippen LogP contribution in [0, 0.1) is 0 Å². The van der Waals surface area contributed by atoms with Crippen LogP contribution in [0.3, 0.4) is 0 Å². The molecule has 2 heterocycles. The molecule has 0 amide bonds. The average molecular weight is 285 g/mol. The quantitative estimate of drug-likeness (QED) is 0.635. The van der Waals surface area contributed by atoms with E-state index in [2.05, 4.69) is 11.6 Å². The van der Waals surface area contributed by atoms with E-state index in [9.17, 15) is 19.4 Å². The molecule has 7 nitrogen and oxygen atoms in total. The number of aliphatic hydroxyl groups excluding tert-OH is 2. The number of aromatic nitrogens is 2. The van der Waals surface area contributed by atoms with Gasteiger partial charge in [0.1, 0.15) is 17.5 Å². The number of hydrogen-bond donors (Lipinski definition) is 3. The molecule has 2 rings (SSSR count). The summed E-state index contributed by atoms with van der Waals surface area (Å²) < 4.78 is 20.5. The summed E-state index contributed by atoms with van der Waals surface area (Å²) in [5, 5.41) is 19.3. The lowest BCUT2D eigenvalue weighted by molar-refractivity contribution is -0.126. The topological polar surface area (TPSA) is 111 Å². The van der Waals surface area contributed by atoms with Crippen LogP contribution in [-0.2, 0) is 4.74 Å². The number of nitrogens with two attached hydrogens (primary N) is 1. The number of nitrogens with zero attached hydrogens (tertiary/aromatic N) is 2. The number of aliphatic hydroxyl groups is 2. The van der Waals surface area contributed by atoms with E-state index in [1.807, 2.05) is 0 Å². The summed E-state index contributed by atoms with van der Waals surface area (Å²) in [6.07, 6.45) is -2.17. The van der Waals surface area contributed by atoms with Crippen LogP contribution in [0.5, 0.6) is 0 Å². The Balaban J connectivity index is 2.39. The summed E-state index contributed by atoms with van der Waals surface area (Å²) >= 11 is 0. The number of anilines is 1. The number of ether oxygens (including phenoxy) is 1. The number of halogens is 1. The fourth-order valence-electron chi connectivity index (χ4n) is 2.26. The highest BCUT2D eigenvalue weighted by Gasteiger charge is 2.55. The zero-order valence-corrected chi connectivity index (χ0v) is 10.6. The third kappa shape index (κ3) is 2.21. The van der Waals surface area contributed by atoms with Crippen LogP contribution < -0.4 is 11.4 Å². The number of nitrogen functional groups attached to an aromatic ring is 1. The van der Waals surface area contributed by atoms with Crippen LogP contribution in [0.4, 0.5) is 10.2 Å². The first-order valence-electron chi connectivity index (χ1n) is 6.01. The summed E-state index contributed by atoms with van der Waals surface area (Å²) in [6, 6.07) is 1.32. The SMILES string of the molecule is C=CC[C@]1(CO)O[C@@H](n2ccc(N)nc2=O)C(F)[C@@H]1O. The van der Waals surface area contributed by atoms with Crippen molar-refractivity contribution in [2.24, 2.45) is 0 Å². The van der Waals surface area contributed by atoms with Gasteiger partial charge in [-0.2, -0.15) is 4.98 Å². The van der Waals surface area contributed by atoms with Gasteiger partial charge < -0.3 is 20.7 Å². The maximum atomic E-state index is 14.2. The van der Waals surface area contributed by atoms with Crippen LogP contribution in [0.2, 0.25) is 0 Å². The van der Waals surface area contributed by atoms with Crippen LogP contribution >= 0.6 is 0 Å². The Bertz CT molecular complexity index is 564. The maximum absolute atomic E-state index is 14.2. The van der Waals surface area contributed by atoms with Gasteiger partial charge in [-0.1, -0.05) is 6.08 Å². The normalized spacial score (nSPS) is 33.2. The molecule has 0 bridgehead atoms. The predicted molar refractivity (Wildman–Crippen MR) is 68.6 cm³/mol. The lowest BCUT2D eigenvalue weighted by atomic mass is 9.93. The number of alkyl halides is 1. The molecule has 0 spiro atoms. The molecule has 0 radical (unpaired) electrons. The third-order valence-corrected chi connectivity index (χ3v) is 3.35. The lowest BCUT2D eigenvalue weighted by Crippen LogP contribution is -2.45. The van der Waals surface area contributed by atoms with E-state index in [1.54, 1.807) is 0 Å². The van der Waals surface area contributed by atoms with Gasteiger partial charge in [-0.05, 0) is 12.5 Å². The maximum Gasteiger partial charge on any atom is 0.351 e. The standard InChI is InChI=1S/C12H16FN3O4/c1-2-4-12(6-17)9(18)8(13)10(20-12)16-5-3-7(14)15-11(16)19/h2-3,5,8-10,17-18H,1,4,6H2,(H2,14,15,19)/t8?,9-,10+,12+/m0/s1. The molecule has 0 aromatic carbocycles. The molecule has 1 aliphatic rings. The minimum atomic E-state index is -1.88. The number of rotatable bonds is 4. The van der Waals surface area contributed by atoms with E-state index in [0.717, 1.165) is 4.57 Å². The second-order valence-corrected chi connectivity index (χ2v) is 4.66. The predicted octanol–water partition coefficient (Wildman–Crippen LogP) is -0.640. The first-order valence-corrected chi connectivity index (χ1v) is 6.01. The molecular formula is C12H16FN3O4. The Morgan fingerprint density at radius 3 is 2.95 bits per heavy atom. The van der Waals surface area contributed by atoms with E-state index in [4.69, 9.17) is 10.5 Å². The molecule has 4 N–H and O–H groups in total. The first-order chi connectivity index (χ1) is 9.45. The molecule has 1 aromatic rings. The highest BCUT2D eigenvalue weighted by molar-refractivity contribution is 5.23. The van der Waals surface area contributed by atoms with Crippen LogP contribution in [0.15, 0.2) is 29.7 Å². The summed E-state index contributed by atoms with van der Waals surface area (Å²) in [6.45, 7) is 2.88. The van der Waals surface area contributed by atoms with Gasteiger partial charge in [-0.3, -0.25) is 4.57 Å². The van der Waals surface area contributed by atoms with Gasteiger partial charge in [0.05, 0.1) is 6.61 Å². The Kier molecular flexibility index (Phi) is 3.89. The molecule has 110 valence electrons. The molecule has 20 heavy (non-hydrogen) atoms. The molecule has 1 fully saturated rings. The van der Waals surface area contributed by atoms with Gasteiger partial charge in [0.25, 0.3) is 0 Å². The second-order valence-electron chi connectivity index (χ2n) is 4.66. The van der Waals surface area contributed by atoms with Crippen molar-refractivity contribution in [1.29, 1.82) is 0 Å². The van der Waals surface area contributed by atoms with Crippen LogP contribution in [-0.4, -0.2) is 44.2 Å². The van der Waals surface area contributed by atoms with Crippen molar-refractivity contribution in [3.05, 3.63) is 35.4 Å². The van der Waals surface area contributed by atoms with Gasteiger partial charge in [0.2, 0.25) is 0 Å². The highest BCUT2D eigenvalue weighted by Crippen LogP contribution is 2.40. The van der Waals surface area contributed by atoms with Crippen molar-refractivity contribution in [2.45, 2.75) is 30.5 Å². The van der Waals surface area contributed by atoms with Crippen LogP contribution in [0.1, 0.15) is 12.6 Å². The zero-order valence-electron chi connectivity index (χ0n) is 10.6. The molecule has 8 heteroatoms. The van der Waals surface area contributed by atoms with Crippen LogP contribution in [0.25, 0.3) is 0 Å². The van der Waals surface area contributed by atoms with Crippen molar-refractivity contribution in [3.63, 3.8) is 0 Å². The largest absolute Gasteiger partial charge is 0.393 e. The van der Waals surface area contributed by atoms with E-state index in [0.29, 0.717) is 0 Å². The minimum absolute atomic E-state index is 0.000262. The van der Waals surface area contributed by atoms with Crippen molar-refractivity contribution < 1.29 is 19.3 Å². The molecule has 0 saturated carbocycles. The van der Waals surface area contributed by atoms with Gasteiger partial charge in [-0.15, -0.1) is 6.58 Å². The second kappa shape index (κ2) is 5.31. The van der Waals surface area contributed by atoms with Crippen molar-refractivity contribution in [2.75, 3.05) is 12.3 Å². The van der Waals surface area contributed by atoms with Crippen molar-refractivity contribution in [3.8, 4) is 0 Å². The molecule has 1 aromatic heterocycles.